The number of rotatable bonds is 7. The molecule has 2 aliphatic heterocycles. The average molecular weight is 375 g/mol. The van der Waals surface area contributed by atoms with Crippen LogP contribution in [-0.4, -0.2) is 59.0 Å². The molecule has 0 radical (unpaired) electrons. The predicted octanol–water partition coefficient (Wildman–Crippen LogP) is 1.88. The number of carbonyl (C=O) groups is 3. The lowest BCUT2D eigenvalue weighted by molar-refractivity contribution is -0.136. The molecule has 3 amide bonds. The lowest BCUT2D eigenvalue weighted by Crippen LogP contribution is -2.52. The predicted molar refractivity (Wildman–Crippen MR) is 101 cm³/mol. The van der Waals surface area contributed by atoms with Crippen LogP contribution >= 0.6 is 11.8 Å². The topological polar surface area (TPSA) is 69.7 Å². The second-order valence-electron chi connectivity index (χ2n) is 6.56. The lowest BCUT2D eigenvalue weighted by Gasteiger charge is -2.29. The Morgan fingerprint density at radius 3 is 2.69 bits per heavy atom. The molecule has 1 N–H and O–H groups in total. The lowest BCUT2D eigenvalue weighted by atomic mass is 10.0. The number of benzene rings is 1. The first-order chi connectivity index (χ1) is 12.5. The number of piperidine rings is 1. The number of thioether (sulfide) groups is 1. The first-order valence-corrected chi connectivity index (χ1v) is 10.1. The van der Waals surface area contributed by atoms with Gasteiger partial charge in [0.2, 0.25) is 11.8 Å². The zero-order valence-electron chi connectivity index (χ0n) is 15.3. The highest BCUT2D eigenvalue weighted by atomic mass is 32.2. The summed E-state index contributed by atoms with van der Waals surface area (Å²) >= 11 is 1.76. The van der Waals surface area contributed by atoms with Crippen molar-refractivity contribution < 1.29 is 14.4 Å². The summed E-state index contributed by atoms with van der Waals surface area (Å²) in [5, 5.41) is 2.35. The molecule has 7 heteroatoms. The third-order valence-electron chi connectivity index (χ3n) is 5.10. The second-order valence-corrected chi connectivity index (χ2v) is 7.69. The van der Waals surface area contributed by atoms with Crippen molar-refractivity contribution in [3.8, 4) is 0 Å². The maximum Gasteiger partial charge on any atom is 0.255 e. The minimum absolute atomic E-state index is 0.110. The summed E-state index contributed by atoms with van der Waals surface area (Å²) in [6.45, 7) is 7.83. The van der Waals surface area contributed by atoms with E-state index < -0.39 is 6.04 Å². The largest absolute Gasteiger partial charge is 0.322 e. The van der Waals surface area contributed by atoms with Crippen molar-refractivity contribution in [3.63, 3.8) is 0 Å². The number of carbonyl (C=O) groups excluding carboxylic acids is 3. The Hall–Kier alpha value is -1.86. The van der Waals surface area contributed by atoms with Crippen molar-refractivity contribution in [2.75, 3.05) is 25.4 Å². The van der Waals surface area contributed by atoms with Crippen molar-refractivity contribution in [1.29, 1.82) is 0 Å². The van der Waals surface area contributed by atoms with Crippen LogP contribution in [0.5, 0.6) is 0 Å². The van der Waals surface area contributed by atoms with E-state index in [2.05, 4.69) is 24.1 Å². The fraction of sp³-hybridized carbons (Fsp3) is 0.526. The first-order valence-electron chi connectivity index (χ1n) is 9.16. The normalized spacial score (nSPS) is 19.9. The van der Waals surface area contributed by atoms with Crippen molar-refractivity contribution in [2.24, 2.45) is 0 Å². The number of amides is 3. The van der Waals surface area contributed by atoms with E-state index in [-0.39, 0.29) is 24.1 Å². The van der Waals surface area contributed by atoms with Crippen LogP contribution < -0.4 is 5.32 Å². The van der Waals surface area contributed by atoms with E-state index in [4.69, 9.17) is 0 Å². The molecule has 0 saturated carbocycles. The minimum Gasteiger partial charge on any atom is -0.322 e. The van der Waals surface area contributed by atoms with Gasteiger partial charge in [0, 0.05) is 35.7 Å². The van der Waals surface area contributed by atoms with Gasteiger partial charge in [0.25, 0.3) is 5.91 Å². The summed E-state index contributed by atoms with van der Waals surface area (Å²) in [6, 6.07) is 5.23. The van der Waals surface area contributed by atoms with Crippen LogP contribution in [0.2, 0.25) is 0 Å². The van der Waals surface area contributed by atoms with E-state index >= 15 is 0 Å². The van der Waals surface area contributed by atoms with Crippen LogP contribution in [0, 0.1) is 0 Å². The van der Waals surface area contributed by atoms with Crippen LogP contribution in [0.1, 0.15) is 42.6 Å². The molecular formula is C19H25N3O3S. The Balaban J connectivity index is 1.71. The molecule has 1 saturated heterocycles. The van der Waals surface area contributed by atoms with Gasteiger partial charge in [-0.25, -0.2) is 0 Å². The zero-order valence-corrected chi connectivity index (χ0v) is 16.1. The maximum absolute atomic E-state index is 12.8. The maximum atomic E-state index is 12.8. The molecule has 0 aromatic heterocycles. The third kappa shape index (κ3) is 3.78. The van der Waals surface area contributed by atoms with Crippen molar-refractivity contribution >= 4 is 29.5 Å². The summed E-state index contributed by atoms with van der Waals surface area (Å²) in [5.41, 5.74) is 1.69. The molecule has 26 heavy (non-hydrogen) atoms. The molecule has 2 aliphatic rings. The molecule has 2 heterocycles. The van der Waals surface area contributed by atoms with E-state index in [9.17, 15) is 14.4 Å². The van der Waals surface area contributed by atoms with Crippen molar-refractivity contribution in [1.82, 2.24) is 15.1 Å². The Morgan fingerprint density at radius 1 is 1.23 bits per heavy atom. The molecule has 0 spiro atoms. The number of hydrogen-bond acceptors (Lipinski definition) is 5. The summed E-state index contributed by atoms with van der Waals surface area (Å²) in [7, 11) is 0. The van der Waals surface area contributed by atoms with Crippen LogP contribution in [-0.2, 0) is 16.1 Å². The smallest absolute Gasteiger partial charge is 0.255 e. The van der Waals surface area contributed by atoms with Crippen molar-refractivity contribution in [2.45, 2.75) is 44.2 Å². The fourth-order valence-electron chi connectivity index (χ4n) is 3.52. The zero-order chi connectivity index (χ0) is 18.7. The van der Waals surface area contributed by atoms with Gasteiger partial charge in [-0.05, 0) is 37.2 Å². The molecule has 1 atom stereocenters. The van der Waals surface area contributed by atoms with E-state index in [1.165, 1.54) is 0 Å². The molecule has 6 nitrogen and oxygen atoms in total. The van der Waals surface area contributed by atoms with Gasteiger partial charge >= 0.3 is 0 Å². The summed E-state index contributed by atoms with van der Waals surface area (Å²) in [4.78, 5) is 41.4. The van der Waals surface area contributed by atoms with Gasteiger partial charge in [0.15, 0.2) is 0 Å². The molecule has 1 aromatic carbocycles. The second kappa shape index (κ2) is 8.22. The monoisotopic (exact) mass is 375 g/mol. The number of nitrogens with zero attached hydrogens (tertiary/aromatic N) is 2. The molecular weight excluding hydrogens is 350 g/mol. The van der Waals surface area contributed by atoms with E-state index in [0.717, 1.165) is 35.8 Å². The molecule has 1 unspecified atom stereocenters. The molecule has 0 aliphatic carbocycles. The molecule has 1 aromatic rings. The highest BCUT2D eigenvalue weighted by Crippen LogP contribution is 2.34. The van der Waals surface area contributed by atoms with Gasteiger partial charge in [-0.15, -0.1) is 11.8 Å². The van der Waals surface area contributed by atoms with Gasteiger partial charge < -0.3 is 9.80 Å². The molecule has 0 bridgehead atoms. The molecule has 3 rings (SSSR count). The highest BCUT2D eigenvalue weighted by molar-refractivity contribution is 7.99. The standard InChI is InChI=1S/C19H25N3O3S/c1-3-21(4-2)10-11-26-16-7-5-6-13-14(16)12-22(19(13)25)15-8-9-17(23)20-18(15)24/h5-7,15H,3-4,8-12H2,1-2H3,(H,20,23,24). The van der Waals surface area contributed by atoms with Gasteiger partial charge in [-0.1, -0.05) is 19.9 Å². The van der Waals surface area contributed by atoms with Crippen LogP contribution in [0.3, 0.4) is 0 Å². The van der Waals surface area contributed by atoms with E-state index in [0.29, 0.717) is 18.5 Å². The average Bonchev–Trinajstić information content (AvgIpc) is 2.96. The number of imide groups is 1. The van der Waals surface area contributed by atoms with Crippen LogP contribution in [0.4, 0.5) is 0 Å². The number of fused-ring (bicyclic) bond motifs is 1. The summed E-state index contributed by atoms with van der Waals surface area (Å²) in [6.07, 6.45) is 0.677. The van der Waals surface area contributed by atoms with Gasteiger partial charge in [0.05, 0.1) is 0 Å². The summed E-state index contributed by atoms with van der Waals surface area (Å²) < 4.78 is 0. The third-order valence-corrected chi connectivity index (χ3v) is 6.18. The highest BCUT2D eigenvalue weighted by Gasteiger charge is 2.39. The number of nitrogens with one attached hydrogen (secondary N) is 1. The Labute approximate surface area is 158 Å². The van der Waals surface area contributed by atoms with Gasteiger partial charge in [0.1, 0.15) is 6.04 Å². The van der Waals surface area contributed by atoms with Crippen LogP contribution in [0.15, 0.2) is 23.1 Å². The Kier molecular flexibility index (Phi) is 5.98. The SMILES string of the molecule is CCN(CC)CCSc1cccc2c1CN(C1CCC(=O)NC1=O)C2=O. The quantitative estimate of drug-likeness (QED) is 0.582. The Morgan fingerprint density at radius 2 is 2.00 bits per heavy atom. The molecule has 1 fully saturated rings. The minimum atomic E-state index is -0.555. The van der Waals surface area contributed by atoms with Crippen LogP contribution in [0.25, 0.3) is 0 Å². The number of hydrogen-bond donors (Lipinski definition) is 1. The van der Waals surface area contributed by atoms with Gasteiger partial charge in [-0.3, -0.25) is 19.7 Å². The van der Waals surface area contributed by atoms with Crippen molar-refractivity contribution in [3.05, 3.63) is 29.3 Å². The Bertz CT molecular complexity index is 718. The van der Waals surface area contributed by atoms with Gasteiger partial charge in [-0.2, -0.15) is 0 Å². The first kappa shape index (κ1) is 18.9. The fourth-order valence-corrected chi connectivity index (χ4v) is 4.61. The van der Waals surface area contributed by atoms with E-state index in [1.807, 2.05) is 18.2 Å². The van der Waals surface area contributed by atoms with E-state index in [1.54, 1.807) is 16.7 Å². The molecule has 140 valence electrons. The summed E-state index contributed by atoms with van der Waals surface area (Å²) in [5.74, 6) is 0.229.